The molecule has 2 amide bonds. The van der Waals surface area contributed by atoms with E-state index in [0.717, 1.165) is 0 Å². The van der Waals surface area contributed by atoms with Crippen LogP contribution >= 0.6 is 0 Å². The Hall–Kier alpha value is -2.76. The summed E-state index contributed by atoms with van der Waals surface area (Å²) in [6, 6.07) is 6.50. The second kappa shape index (κ2) is 5.92. The van der Waals surface area contributed by atoms with E-state index < -0.39 is 0 Å². The Labute approximate surface area is 116 Å². The minimum Gasteiger partial charge on any atom is -0.355 e. The Morgan fingerprint density at radius 3 is 1.60 bits per heavy atom. The van der Waals surface area contributed by atoms with Gasteiger partial charge in [0.2, 0.25) is 0 Å². The van der Waals surface area contributed by atoms with Crippen molar-refractivity contribution in [1.29, 1.82) is 0 Å². The molecule has 0 fully saturated rings. The van der Waals surface area contributed by atoms with Crippen molar-refractivity contribution in [2.45, 2.75) is 0 Å². The number of carbonyl (C=O) groups is 2. The largest absolute Gasteiger partial charge is 0.355 e. The third kappa shape index (κ3) is 2.80. The number of hydrogen-bond donors (Lipinski definition) is 2. The lowest BCUT2D eigenvalue weighted by Gasteiger charge is -2.05. The summed E-state index contributed by atoms with van der Waals surface area (Å²) in [5.41, 5.74) is 2.06. The molecule has 6 heteroatoms. The van der Waals surface area contributed by atoms with E-state index in [9.17, 15) is 9.59 Å². The molecule has 0 bridgehead atoms. The number of aromatic nitrogens is 2. The van der Waals surface area contributed by atoms with Crippen LogP contribution in [-0.4, -0.2) is 35.9 Å². The molecule has 0 unspecified atom stereocenters. The van der Waals surface area contributed by atoms with Gasteiger partial charge < -0.3 is 10.6 Å². The zero-order chi connectivity index (χ0) is 14.5. The van der Waals surface area contributed by atoms with Crippen LogP contribution in [0.3, 0.4) is 0 Å². The molecule has 0 saturated heterocycles. The second-order valence-electron chi connectivity index (χ2n) is 4.02. The molecule has 0 aliphatic rings. The van der Waals surface area contributed by atoms with Crippen LogP contribution in [-0.2, 0) is 0 Å². The van der Waals surface area contributed by atoms with Gasteiger partial charge in [0, 0.05) is 37.6 Å². The van der Waals surface area contributed by atoms with Crippen molar-refractivity contribution in [2.75, 3.05) is 14.1 Å². The predicted octanol–water partition coefficient (Wildman–Crippen LogP) is 0.863. The van der Waals surface area contributed by atoms with Crippen LogP contribution in [0.5, 0.6) is 0 Å². The maximum absolute atomic E-state index is 11.6. The van der Waals surface area contributed by atoms with Crippen LogP contribution in [0.4, 0.5) is 0 Å². The number of carbonyl (C=O) groups excluding carboxylic acids is 2. The third-order valence-corrected chi connectivity index (χ3v) is 2.76. The van der Waals surface area contributed by atoms with Gasteiger partial charge in [-0.25, -0.2) is 0 Å². The number of pyridine rings is 2. The highest BCUT2D eigenvalue weighted by Crippen LogP contribution is 2.16. The number of hydrogen-bond acceptors (Lipinski definition) is 4. The number of rotatable bonds is 3. The lowest BCUT2D eigenvalue weighted by Crippen LogP contribution is -2.18. The Morgan fingerprint density at radius 2 is 1.25 bits per heavy atom. The van der Waals surface area contributed by atoms with Crippen LogP contribution in [0, 0.1) is 0 Å². The highest BCUT2D eigenvalue weighted by Gasteiger charge is 2.09. The first-order chi connectivity index (χ1) is 9.65. The Kier molecular flexibility index (Phi) is 4.05. The van der Waals surface area contributed by atoms with Crippen LogP contribution in [0.1, 0.15) is 20.7 Å². The van der Waals surface area contributed by atoms with Gasteiger partial charge in [0.25, 0.3) is 11.8 Å². The van der Waals surface area contributed by atoms with Crippen molar-refractivity contribution in [3.05, 3.63) is 47.8 Å². The molecule has 20 heavy (non-hydrogen) atoms. The van der Waals surface area contributed by atoms with Gasteiger partial charge in [-0.2, -0.15) is 0 Å². The van der Waals surface area contributed by atoms with Crippen molar-refractivity contribution in [2.24, 2.45) is 0 Å². The molecule has 0 aliphatic carbocycles. The topological polar surface area (TPSA) is 84.0 Å². The summed E-state index contributed by atoms with van der Waals surface area (Å²) >= 11 is 0. The molecule has 0 radical (unpaired) electrons. The maximum Gasteiger partial charge on any atom is 0.251 e. The first kappa shape index (κ1) is 13.7. The lowest BCUT2D eigenvalue weighted by molar-refractivity contribution is 0.0955. The minimum absolute atomic E-state index is 0.198. The van der Waals surface area contributed by atoms with Gasteiger partial charge in [0.15, 0.2) is 0 Å². The van der Waals surface area contributed by atoms with E-state index in [1.807, 2.05) is 0 Å². The van der Waals surface area contributed by atoms with Crippen LogP contribution < -0.4 is 10.6 Å². The molecule has 6 nitrogen and oxygen atoms in total. The van der Waals surface area contributed by atoms with E-state index in [2.05, 4.69) is 20.6 Å². The highest BCUT2D eigenvalue weighted by atomic mass is 16.2. The molecule has 2 aromatic rings. The zero-order valence-corrected chi connectivity index (χ0v) is 11.2. The zero-order valence-electron chi connectivity index (χ0n) is 11.2. The molecule has 2 aromatic heterocycles. The predicted molar refractivity (Wildman–Crippen MR) is 74.2 cm³/mol. The van der Waals surface area contributed by atoms with Crippen molar-refractivity contribution >= 4 is 11.8 Å². The van der Waals surface area contributed by atoms with Crippen molar-refractivity contribution < 1.29 is 9.59 Å². The molecule has 2 heterocycles. The van der Waals surface area contributed by atoms with Crippen LogP contribution in [0.25, 0.3) is 11.4 Å². The molecule has 2 N–H and O–H groups in total. The molecule has 0 spiro atoms. The Balaban J connectivity index is 2.41. The van der Waals surface area contributed by atoms with Crippen molar-refractivity contribution in [3.8, 4) is 11.4 Å². The van der Waals surface area contributed by atoms with Crippen LogP contribution in [0.15, 0.2) is 36.7 Å². The normalized spacial score (nSPS) is 9.90. The monoisotopic (exact) mass is 270 g/mol. The highest BCUT2D eigenvalue weighted by molar-refractivity contribution is 5.96. The van der Waals surface area contributed by atoms with E-state index in [1.165, 1.54) is 12.4 Å². The van der Waals surface area contributed by atoms with Crippen molar-refractivity contribution in [1.82, 2.24) is 20.6 Å². The molecular formula is C14H14N4O2. The fraction of sp³-hybridized carbons (Fsp3) is 0.143. The van der Waals surface area contributed by atoms with E-state index in [4.69, 9.17) is 0 Å². The average Bonchev–Trinajstić information content (AvgIpc) is 2.53. The van der Waals surface area contributed by atoms with E-state index >= 15 is 0 Å². The average molecular weight is 270 g/mol. The van der Waals surface area contributed by atoms with Gasteiger partial charge >= 0.3 is 0 Å². The maximum atomic E-state index is 11.6. The fourth-order valence-electron chi connectivity index (χ4n) is 1.71. The molecule has 0 aliphatic heterocycles. The summed E-state index contributed by atoms with van der Waals surface area (Å²) < 4.78 is 0. The van der Waals surface area contributed by atoms with E-state index in [1.54, 1.807) is 38.4 Å². The number of nitrogens with zero attached hydrogens (tertiary/aromatic N) is 2. The van der Waals surface area contributed by atoms with E-state index in [0.29, 0.717) is 22.5 Å². The quantitative estimate of drug-likeness (QED) is 0.866. The van der Waals surface area contributed by atoms with Gasteiger partial charge in [0.1, 0.15) is 0 Å². The second-order valence-corrected chi connectivity index (χ2v) is 4.02. The number of amides is 2. The molecule has 2 rings (SSSR count). The Morgan fingerprint density at radius 1 is 0.850 bits per heavy atom. The van der Waals surface area contributed by atoms with Gasteiger partial charge in [-0.3, -0.25) is 19.6 Å². The number of nitrogens with one attached hydrogen (secondary N) is 2. The minimum atomic E-state index is -0.198. The lowest BCUT2D eigenvalue weighted by atomic mass is 10.1. The molecule has 0 aromatic carbocycles. The van der Waals surface area contributed by atoms with Crippen LogP contribution in [0.2, 0.25) is 0 Å². The SMILES string of the molecule is CNC(=O)c1ccnc(-c2cc(C(=O)NC)ccn2)c1. The van der Waals surface area contributed by atoms with Gasteiger partial charge in [-0.1, -0.05) is 0 Å². The van der Waals surface area contributed by atoms with Gasteiger partial charge in [-0.05, 0) is 24.3 Å². The summed E-state index contributed by atoms with van der Waals surface area (Å²) in [6.07, 6.45) is 3.07. The smallest absolute Gasteiger partial charge is 0.251 e. The Bertz CT molecular complexity index is 598. The molecule has 102 valence electrons. The molecule has 0 saturated carbocycles. The van der Waals surface area contributed by atoms with Crippen molar-refractivity contribution in [3.63, 3.8) is 0 Å². The van der Waals surface area contributed by atoms with E-state index in [-0.39, 0.29) is 11.8 Å². The molecule has 0 atom stereocenters. The third-order valence-electron chi connectivity index (χ3n) is 2.76. The summed E-state index contributed by atoms with van der Waals surface area (Å²) in [7, 11) is 3.12. The first-order valence-corrected chi connectivity index (χ1v) is 6.02. The first-order valence-electron chi connectivity index (χ1n) is 6.02. The summed E-state index contributed by atoms with van der Waals surface area (Å²) in [4.78, 5) is 31.5. The standard InChI is InChI=1S/C14H14N4O2/c1-15-13(19)9-3-5-17-11(7-9)12-8-10(4-6-18-12)14(20)16-2/h3-8H,1-2H3,(H,15,19)(H,16,20). The summed E-state index contributed by atoms with van der Waals surface area (Å²) in [5.74, 6) is -0.396. The summed E-state index contributed by atoms with van der Waals surface area (Å²) in [6.45, 7) is 0. The fourth-order valence-corrected chi connectivity index (χ4v) is 1.71. The van der Waals surface area contributed by atoms with Gasteiger partial charge in [0.05, 0.1) is 11.4 Å². The molecular weight excluding hydrogens is 256 g/mol. The summed E-state index contributed by atoms with van der Waals surface area (Å²) in [5, 5.41) is 5.09. The van der Waals surface area contributed by atoms with Gasteiger partial charge in [-0.15, -0.1) is 0 Å².